The lowest BCUT2D eigenvalue weighted by molar-refractivity contribution is -0.384. The number of hydrogen-bond acceptors (Lipinski definition) is 14. The van der Waals surface area contributed by atoms with Crippen molar-refractivity contribution in [3.05, 3.63) is 51.0 Å². The van der Waals surface area contributed by atoms with E-state index < -0.39 is 51.7 Å². The summed E-state index contributed by atoms with van der Waals surface area (Å²) < 4.78 is 10.9. The van der Waals surface area contributed by atoms with E-state index in [0.717, 1.165) is 16.2 Å². The Kier molecular flexibility index (Phi) is 6.85. The Bertz CT molecular complexity index is 1400. The lowest BCUT2D eigenvalue weighted by Gasteiger charge is -2.56. The fourth-order valence-corrected chi connectivity index (χ4v) is 6.67. The number of rotatable bonds is 8. The number of anilines is 1. The van der Waals surface area contributed by atoms with Crippen LogP contribution in [0.2, 0.25) is 0 Å². The number of carbonyl (C=O) groups excluding carboxylic acids is 4. The van der Waals surface area contributed by atoms with Crippen LogP contribution in [0.15, 0.2) is 34.8 Å². The van der Waals surface area contributed by atoms with Crippen molar-refractivity contribution in [2.24, 2.45) is 11.1 Å². The van der Waals surface area contributed by atoms with E-state index in [2.05, 4.69) is 15.5 Å². The zero-order valence-electron chi connectivity index (χ0n) is 20.1. The van der Waals surface area contributed by atoms with Gasteiger partial charge in [-0.25, -0.2) is 9.78 Å². The van der Waals surface area contributed by atoms with E-state index >= 15 is 0 Å². The molecular weight excluding hydrogens is 556 g/mol. The Balaban J connectivity index is 1.33. The van der Waals surface area contributed by atoms with Crippen LogP contribution in [0.4, 0.5) is 10.8 Å². The zero-order valence-corrected chi connectivity index (χ0v) is 21.7. The monoisotopic (exact) mass is 576 g/mol. The molecule has 0 bridgehead atoms. The summed E-state index contributed by atoms with van der Waals surface area (Å²) in [6, 6.07) is 4.33. The second-order valence-corrected chi connectivity index (χ2v) is 10.7. The van der Waals surface area contributed by atoms with E-state index in [-0.39, 0.29) is 41.0 Å². The largest absolute Gasteiger partial charge is 0.456 e. The molecule has 2 aromatic rings. The normalized spacial score (nSPS) is 25.6. The summed E-state index contributed by atoms with van der Waals surface area (Å²) in [6.07, 6.45) is -0.0942. The van der Waals surface area contributed by atoms with Gasteiger partial charge in [0.25, 0.3) is 23.2 Å². The fourth-order valence-electron chi connectivity index (χ4n) is 4.57. The number of nitro groups is 1. The van der Waals surface area contributed by atoms with Gasteiger partial charge in [-0.3, -0.25) is 29.4 Å². The number of ether oxygens (including phenoxy) is 2. The molecule has 3 saturated heterocycles. The summed E-state index contributed by atoms with van der Waals surface area (Å²) in [7, 11) is 1.25. The topological polar surface area (TPSA) is 206 Å². The third-order valence-electron chi connectivity index (χ3n) is 6.36. The second-order valence-electron chi connectivity index (χ2n) is 8.65. The molecule has 5 rings (SSSR count). The quantitative estimate of drug-likeness (QED) is 0.144. The van der Waals surface area contributed by atoms with E-state index in [4.69, 9.17) is 20.0 Å². The van der Waals surface area contributed by atoms with Gasteiger partial charge in [0.15, 0.2) is 10.8 Å². The highest BCUT2D eigenvalue weighted by Gasteiger charge is 2.71. The van der Waals surface area contributed by atoms with Gasteiger partial charge in [0.2, 0.25) is 0 Å². The van der Waals surface area contributed by atoms with Crippen LogP contribution in [0.25, 0.3) is 0 Å². The third kappa shape index (κ3) is 4.52. The van der Waals surface area contributed by atoms with Crippen molar-refractivity contribution < 1.29 is 38.4 Å². The van der Waals surface area contributed by atoms with E-state index in [9.17, 15) is 29.3 Å². The average Bonchev–Trinajstić information content (AvgIpc) is 3.50. The maximum Gasteiger partial charge on any atom is 0.373 e. The maximum absolute atomic E-state index is 13.4. The van der Waals surface area contributed by atoms with Gasteiger partial charge < -0.3 is 25.4 Å². The van der Waals surface area contributed by atoms with Crippen molar-refractivity contribution in [1.82, 2.24) is 15.2 Å². The highest BCUT2D eigenvalue weighted by molar-refractivity contribution is 8.00. The number of thioether (sulfide) groups is 1. The van der Waals surface area contributed by atoms with Gasteiger partial charge in [-0.2, -0.15) is 0 Å². The minimum atomic E-state index is -1.99. The molecule has 3 N–H and O–H groups in total. The predicted molar refractivity (Wildman–Crippen MR) is 135 cm³/mol. The molecule has 204 valence electrons. The molecule has 0 spiro atoms. The zero-order chi connectivity index (χ0) is 27.9. The van der Waals surface area contributed by atoms with E-state index in [1.165, 1.54) is 48.5 Å². The maximum atomic E-state index is 13.4. The molecule has 1 aromatic carbocycles. The van der Waals surface area contributed by atoms with Gasteiger partial charge in [-0.05, 0) is 17.7 Å². The Labute approximate surface area is 227 Å². The number of hydrogen-bond donors (Lipinski definition) is 2. The average molecular weight is 577 g/mol. The van der Waals surface area contributed by atoms with Crippen LogP contribution in [-0.4, -0.2) is 74.3 Å². The number of oxime groups is 1. The minimum absolute atomic E-state index is 0.0942. The van der Waals surface area contributed by atoms with Crippen LogP contribution in [0.5, 0.6) is 0 Å². The summed E-state index contributed by atoms with van der Waals surface area (Å²) in [5.41, 5.74) is 3.96. The van der Waals surface area contributed by atoms with Crippen LogP contribution in [0.1, 0.15) is 17.7 Å². The number of thiazole rings is 1. The summed E-state index contributed by atoms with van der Waals surface area (Å²) in [5.74, 6) is -3.40. The van der Waals surface area contributed by atoms with Gasteiger partial charge in [0.05, 0.1) is 11.3 Å². The number of nitrogen functional groups attached to an aromatic ring is 1. The Morgan fingerprint density at radius 1 is 1.36 bits per heavy atom. The number of esters is 2. The van der Waals surface area contributed by atoms with E-state index in [1.54, 1.807) is 0 Å². The van der Waals surface area contributed by atoms with Crippen molar-refractivity contribution in [3.8, 4) is 0 Å². The van der Waals surface area contributed by atoms with Crippen molar-refractivity contribution >= 4 is 63.4 Å². The van der Waals surface area contributed by atoms with Crippen molar-refractivity contribution in [2.45, 2.75) is 30.2 Å². The van der Waals surface area contributed by atoms with Crippen molar-refractivity contribution in [1.29, 1.82) is 0 Å². The summed E-state index contributed by atoms with van der Waals surface area (Å²) in [6.45, 7) is -0.267. The number of carbonyl (C=O) groups is 4. The smallest absolute Gasteiger partial charge is 0.373 e. The van der Waals surface area contributed by atoms with Crippen LogP contribution >= 0.6 is 23.1 Å². The van der Waals surface area contributed by atoms with Crippen molar-refractivity contribution in [3.63, 3.8) is 0 Å². The number of nitrogens with zero attached hydrogens (tertiary/aromatic N) is 4. The van der Waals surface area contributed by atoms with Crippen LogP contribution in [0.3, 0.4) is 0 Å². The van der Waals surface area contributed by atoms with Crippen LogP contribution < -0.4 is 11.1 Å². The highest BCUT2D eigenvalue weighted by atomic mass is 32.2. The molecule has 3 aliphatic rings. The molecule has 0 saturated carbocycles. The lowest BCUT2D eigenvalue weighted by atomic mass is 9.89. The molecule has 0 aliphatic carbocycles. The van der Waals surface area contributed by atoms with Crippen molar-refractivity contribution in [2.75, 3.05) is 18.6 Å². The summed E-state index contributed by atoms with van der Waals surface area (Å²) in [4.78, 5) is 72.2. The first-order valence-electron chi connectivity index (χ1n) is 11.4. The number of amides is 2. The molecule has 4 heterocycles. The minimum Gasteiger partial charge on any atom is -0.456 e. The number of non-ortho nitro benzene ring substituents is 1. The Hall–Kier alpha value is -4.25. The lowest BCUT2D eigenvalue weighted by Crippen LogP contribution is -2.80. The molecular formula is C22H20N6O9S2. The van der Waals surface area contributed by atoms with E-state index in [0.29, 0.717) is 5.56 Å². The predicted octanol–water partition coefficient (Wildman–Crippen LogP) is 0.387. The molecule has 0 unspecified atom stereocenters. The summed E-state index contributed by atoms with van der Waals surface area (Å²) in [5, 5.41) is 18.1. The molecule has 3 fully saturated rings. The highest BCUT2D eigenvalue weighted by Crippen LogP contribution is 2.51. The summed E-state index contributed by atoms with van der Waals surface area (Å²) >= 11 is 2.38. The van der Waals surface area contributed by atoms with Gasteiger partial charge >= 0.3 is 11.9 Å². The molecule has 0 radical (unpaired) electrons. The van der Waals surface area contributed by atoms with Gasteiger partial charge in [-0.1, -0.05) is 5.16 Å². The number of nitro benzene ring substituents is 1. The first kappa shape index (κ1) is 26.4. The fraction of sp³-hybridized carbons (Fsp3) is 0.364. The Morgan fingerprint density at radius 3 is 2.74 bits per heavy atom. The number of benzene rings is 1. The second kappa shape index (κ2) is 10.1. The number of fused-ring (bicyclic) bond motifs is 3. The third-order valence-corrected chi connectivity index (χ3v) is 8.46. The number of aromatic nitrogens is 1. The Morgan fingerprint density at radius 2 is 2.10 bits per heavy atom. The van der Waals surface area contributed by atoms with E-state index in [1.807, 2.05) is 0 Å². The first-order chi connectivity index (χ1) is 18.6. The number of nitrogens with one attached hydrogen (secondary N) is 1. The van der Waals surface area contributed by atoms with Gasteiger partial charge in [0.1, 0.15) is 30.8 Å². The van der Waals surface area contributed by atoms with Gasteiger partial charge in [-0.15, -0.1) is 23.1 Å². The molecule has 1 aromatic heterocycles. The SMILES string of the molecule is CO/N=C(\C(=O)N[C@@H]1C(=O)N2[C@@H]1SC[C@H]1CC(=O)O[C@]12C(=O)OCc1ccc([N+](=O)[O-])cc1)c1csc(N)n1. The molecule has 2 amide bonds. The number of β-lactam (4-membered cyclic amide) rings is 1. The molecule has 15 nitrogen and oxygen atoms in total. The van der Waals surface area contributed by atoms with Gasteiger partial charge in [0, 0.05) is 29.2 Å². The molecule has 39 heavy (non-hydrogen) atoms. The molecule has 3 aliphatic heterocycles. The molecule has 17 heteroatoms. The number of nitrogens with two attached hydrogens (primary N) is 1. The molecule has 4 atom stereocenters. The van der Waals surface area contributed by atoms with Crippen LogP contribution in [0, 0.1) is 16.0 Å². The standard InChI is InChI=1S/C22H20N6O9S2/c1-35-26-15(13-9-39-21(23)24-13)17(30)25-16-18(31)27-19(16)38-8-11-6-14(29)37-22(11,27)20(32)36-7-10-2-4-12(5-3-10)28(33)34/h2-5,9,11,16,19H,6-8H2,1H3,(H2,23,24)(H,25,30)/b26-15-/t11-,16-,19-,22+/m1/s1. The van der Waals surface area contributed by atoms with Crippen LogP contribution in [-0.2, 0) is 40.1 Å². The first-order valence-corrected chi connectivity index (χ1v) is 13.3.